The maximum absolute atomic E-state index is 4.55. The molecule has 0 saturated heterocycles. The number of rotatable bonds is 0. The van der Waals surface area contributed by atoms with Crippen LogP contribution in [0.25, 0.3) is 0 Å². The van der Waals surface area contributed by atoms with Crippen LogP contribution in [0.15, 0.2) is 16.4 Å². The lowest BCUT2D eigenvalue weighted by Crippen LogP contribution is -1.92. The summed E-state index contributed by atoms with van der Waals surface area (Å²) in [5, 5.41) is 3.40. The fourth-order valence-electron chi connectivity index (χ4n) is 1.40. The molecule has 0 atom stereocenters. The smallest absolute Gasteiger partial charge is 0.108 e. The van der Waals surface area contributed by atoms with Crippen molar-refractivity contribution >= 4 is 28.1 Å². The molecule has 1 nitrogen and oxygen atoms in total. The molecule has 0 spiro atoms. The molecule has 1 aliphatic rings. The monoisotopic (exact) mass is 197 g/mol. The zero-order valence-corrected chi connectivity index (χ0v) is 8.67. The Balaban J connectivity index is 2.42. The summed E-state index contributed by atoms with van der Waals surface area (Å²) in [5.41, 5.74) is 1.49. The minimum Gasteiger partial charge on any atom is -0.277 e. The molecule has 0 amide bonds. The predicted molar refractivity (Wildman–Crippen MR) is 57.6 cm³/mol. The van der Waals surface area contributed by atoms with Crippen molar-refractivity contribution in [3.63, 3.8) is 0 Å². The van der Waals surface area contributed by atoms with Gasteiger partial charge in [0.05, 0.1) is 4.88 Å². The van der Waals surface area contributed by atoms with Gasteiger partial charge >= 0.3 is 0 Å². The molecule has 0 saturated carbocycles. The highest BCUT2D eigenvalue weighted by atomic mass is 32.2. The number of aliphatic imine (C=N–C) groups is 1. The Morgan fingerprint density at radius 2 is 2.50 bits per heavy atom. The maximum atomic E-state index is 4.55. The van der Waals surface area contributed by atoms with E-state index >= 15 is 0 Å². The van der Waals surface area contributed by atoms with E-state index in [2.05, 4.69) is 22.7 Å². The van der Waals surface area contributed by atoms with Crippen molar-refractivity contribution in [1.29, 1.82) is 0 Å². The van der Waals surface area contributed by atoms with Gasteiger partial charge in [0.2, 0.25) is 0 Å². The Morgan fingerprint density at radius 3 is 3.33 bits per heavy atom. The molecule has 1 aliphatic heterocycles. The molecule has 0 fully saturated rings. The molecule has 2 heterocycles. The summed E-state index contributed by atoms with van der Waals surface area (Å²) in [6.07, 6.45) is 4.51. The van der Waals surface area contributed by atoms with Gasteiger partial charge in [-0.05, 0) is 36.1 Å². The van der Waals surface area contributed by atoms with Crippen molar-refractivity contribution in [2.75, 3.05) is 12.8 Å². The average Bonchev–Trinajstić information content (AvgIpc) is 2.46. The summed E-state index contributed by atoms with van der Waals surface area (Å²) in [6, 6.07) is 2.23. The standard InChI is InChI=1S/C9H11NS2/c1-11-9-8-7(4-6-12-8)3-2-5-10-9/h4,6H,2-3,5H2,1H3. The Morgan fingerprint density at radius 1 is 1.58 bits per heavy atom. The molecular weight excluding hydrogens is 186 g/mol. The number of aryl methyl sites for hydroxylation is 1. The third kappa shape index (κ3) is 1.43. The Kier molecular flexibility index (Phi) is 2.51. The molecule has 0 bridgehead atoms. The summed E-state index contributed by atoms with van der Waals surface area (Å²) < 4.78 is 0. The second-order valence-corrected chi connectivity index (χ2v) is 4.48. The molecule has 64 valence electrons. The van der Waals surface area contributed by atoms with Gasteiger partial charge in [0.1, 0.15) is 5.04 Å². The van der Waals surface area contributed by atoms with Crippen molar-refractivity contribution < 1.29 is 0 Å². The summed E-state index contributed by atoms with van der Waals surface area (Å²) in [7, 11) is 0. The third-order valence-electron chi connectivity index (χ3n) is 1.99. The van der Waals surface area contributed by atoms with Crippen molar-refractivity contribution in [3.05, 3.63) is 21.9 Å². The molecule has 0 radical (unpaired) electrons. The first-order valence-electron chi connectivity index (χ1n) is 4.07. The Hall–Kier alpha value is -0.280. The fraction of sp³-hybridized carbons (Fsp3) is 0.444. The number of thioether (sulfide) groups is 1. The first kappa shape index (κ1) is 8.32. The van der Waals surface area contributed by atoms with Crippen molar-refractivity contribution in [2.45, 2.75) is 12.8 Å². The third-order valence-corrected chi connectivity index (χ3v) is 3.81. The van der Waals surface area contributed by atoms with Gasteiger partial charge in [-0.25, -0.2) is 0 Å². The van der Waals surface area contributed by atoms with E-state index in [1.165, 1.54) is 28.3 Å². The normalized spacial score (nSPS) is 16.6. The molecule has 3 heteroatoms. The van der Waals surface area contributed by atoms with E-state index in [4.69, 9.17) is 0 Å². The van der Waals surface area contributed by atoms with Crippen LogP contribution in [0.5, 0.6) is 0 Å². The average molecular weight is 197 g/mol. The first-order chi connectivity index (χ1) is 5.92. The van der Waals surface area contributed by atoms with E-state index in [0.717, 1.165) is 6.54 Å². The van der Waals surface area contributed by atoms with Crippen LogP contribution in [-0.2, 0) is 6.42 Å². The van der Waals surface area contributed by atoms with Crippen LogP contribution in [0.3, 0.4) is 0 Å². The van der Waals surface area contributed by atoms with E-state index in [9.17, 15) is 0 Å². The minimum atomic E-state index is 0.998. The van der Waals surface area contributed by atoms with Crippen molar-refractivity contribution in [3.8, 4) is 0 Å². The van der Waals surface area contributed by atoms with E-state index < -0.39 is 0 Å². The summed E-state index contributed by atoms with van der Waals surface area (Å²) >= 11 is 3.59. The van der Waals surface area contributed by atoms with Crippen molar-refractivity contribution in [1.82, 2.24) is 0 Å². The quantitative estimate of drug-likeness (QED) is 0.623. The number of fused-ring (bicyclic) bond motifs is 1. The molecule has 1 aromatic heterocycles. The second kappa shape index (κ2) is 3.62. The fourth-order valence-corrected chi connectivity index (χ4v) is 3.19. The van der Waals surface area contributed by atoms with Crippen molar-refractivity contribution in [2.24, 2.45) is 4.99 Å². The number of hydrogen-bond donors (Lipinski definition) is 0. The van der Waals surface area contributed by atoms with Crippen LogP contribution in [0.1, 0.15) is 16.9 Å². The predicted octanol–water partition coefficient (Wildman–Crippen LogP) is 2.80. The topological polar surface area (TPSA) is 12.4 Å². The summed E-state index contributed by atoms with van der Waals surface area (Å²) in [4.78, 5) is 5.95. The molecule has 0 unspecified atom stereocenters. The zero-order valence-electron chi connectivity index (χ0n) is 7.04. The molecular formula is C9H11NS2. The van der Waals surface area contributed by atoms with E-state index in [1.807, 2.05) is 11.3 Å². The highest BCUT2D eigenvalue weighted by molar-refractivity contribution is 8.14. The Labute approximate surface area is 80.9 Å². The first-order valence-corrected chi connectivity index (χ1v) is 6.17. The number of hydrogen-bond acceptors (Lipinski definition) is 3. The SMILES string of the molecule is CSC1=NCCCc2ccsc21. The minimum absolute atomic E-state index is 0.998. The van der Waals surface area contributed by atoms with Gasteiger partial charge in [-0.1, -0.05) is 0 Å². The van der Waals surface area contributed by atoms with Crippen LogP contribution in [0.2, 0.25) is 0 Å². The summed E-state index contributed by atoms with van der Waals surface area (Å²) in [5.74, 6) is 0. The van der Waals surface area contributed by atoms with Crippen LogP contribution >= 0.6 is 23.1 Å². The highest BCUT2D eigenvalue weighted by Crippen LogP contribution is 2.25. The van der Waals surface area contributed by atoms with Crippen LogP contribution < -0.4 is 0 Å². The molecule has 0 N–H and O–H groups in total. The molecule has 2 rings (SSSR count). The van der Waals surface area contributed by atoms with E-state index in [1.54, 1.807) is 11.8 Å². The van der Waals surface area contributed by atoms with E-state index in [-0.39, 0.29) is 0 Å². The van der Waals surface area contributed by atoms with Crippen LogP contribution in [0.4, 0.5) is 0 Å². The largest absolute Gasteiger partial charge is 0.277 e. The van der Waals surface area contributed by atoms with Gasteiger partial charge < -0.3 is 0 Å². The second-order valence-electron chi connectivity index (χ2n) is 2.77. The summed E-state index contributed by atoms with van der Waals surface area (Å²) in [6.45, 7) is 0.998. The molecule has 0 aliphatic carbocycles. The van der Waals surface area contributed by atoms with Crippen LogP contribution in [-0.4, -0.2) is 17.8 Å². The lowest BCUT2D eigenvalue weighted by atomic mass is 10.1. The lowest BCUT2D eigenvalue weighted by molar-refractivity contribution is 0.847. The number of nitrogens with zero attached hydrogens (tertiary/aromatic N) is 1. The number of thiophene rings is 1. The molecule has 0 aromatic carbocycles. The molecule has 12 heavy (non-hydrogen) atoms. The maximum Gasteiger partial charge on any atom is 0.108 e. The van der Waals surface area contributed by atoms with Gasteiger partial charge in [-0.2, -0.15) is 0 Å². The van der Waals surface area contributed by atoms with Gasteiger partial charge in [0.25, 0.3) is 0 Å². The lowest BCUT2D eigenvalue weighted by Gasteiger charge is -1.98. The van der Waals surface area contributed by atoms with Gasteiger partial charge in [0.15, 0.2) is 0 Å². The van der Waals surface area contributed by atoms with Gasteiger partial charge in [0, 0.05) is 6.54 Å². The van der Waals surface area contributed by atoms with Gasteiger partial charge in [-0.3, -0.25) is 4.99 Å². The Bertz CT molecular complexity index is 301. The van der Waals surface area contributed by atoms with E-state index in [0.29, 0.717) is 0 Å². The zero-order chi connectivity index (χ0) is 8.39. The van der Waals surface area contributed by atoms with Gasteiger partial charge in [-0.15, -0.1) is 23.1 Å². The van der Waals surface area contributed by atoms with Crippen LogP contribution in [0, 0.1) is 0 Å². The molecule has 1 aromatic rings. The highest BCUT2D eigenvalue weighted by Gasteiger charge is 2.12.